The van der Waals surface area contributed by atoms with Crippen LogP contribution < -0.4 is 0 Å². The van der Waals surface area contributed by atoms with E-state index in [1.165, 1.54) is 134 Å². The third kappa shape index (κ3) is 13.9. The number of aryl methyl sites for hydroxylation is 1. The fraction of sp³-hybridized carbons (Fsp3) is 0.812. The maximum atomic E-state index is 7.28. The maximum Gasteiger partial charge on any atom is 0.0669 e. The highest BCUT2D eigenvalue weighted by Crippen LogP contribution is 2.38. The van der Waals surface area contributed by atoms with Gasteiger partial charge in [-0.05, 0) is 55.7 Å². The van der Waals surface area contributed by atoms with Crippen LogP contribution in [-0.2, 0) is 17.7 Å². The maximum absolute atomic E-state index is 7.28. The van der Waals surface area contributed by atoms with Crippen LogP contribution in [0, 0.1) is 0 Å². The van der Waals surface area contributed by atoms with E-state index in [0.717, 1.165) is 6.42 Å². The van der Waals surface area contributed by atoms with E-state index in [2.05, 4.69) is 45.9 Å². The Labute approximate surface area is 213 Å². The van der Waals surface area contributed by atoms with Crippen LogP contribution in [0.5, 0.6) is 0 Å². The zero-order valence-corrected chi connectivity index (χ0v) is 23.7. The molecule has 0 nitrogen and oxygen atoms in total. The van der Waals surface area contributed by atoms with Crippen molar-refractivity contribution in [1.82, 2.24) is 0 Å². The van der Waals surface area contributed by atoms with Crippen LogP contribution in [0.4, 0.5) is 0 Å². The Kier molecular flexibility index (Phi) is 18.3. The highest BCUT2D eigenvalue weighted by atomic mass is 35.5. The summed E-state index contributed by atoms with van der Waals surface area (Å²) >= 11 is 7.28. The van der Waals surface area contributed by atoms with Crippen molar-refractivity contribution in [3.05, 3.63) is 34.9 Å². The van der Waals surface area contributed by atoms with Crippen molar-refractivity contribution in [3.63, 3.8) is 0 Å². The lowest BCUT2D eigenvalue weighted by Crippen LogP contribution is -2.18. The molecule has 1 aromatic rings. The smallest absolute Gasteiger partial charge is 0.0669 e. The number of rotatable bonds is 22. The van der Waals surface area contributed by atoms with Gasteiger partial charge in [-0.1, -0.05) is 142 Å². The molecule has 1 rings (SSSR count). The van der Waals surface area contributed by atoms with Crippen molar-refractivity contribution in [2.24, 2.45) is 0 Å². The molecular formula is C32H57Cl. The minimum atomic E-state index is -0.223. The van der Waals surface area contributed by atoms with Crippen LogP contribution in [0.25, 0.3) is 0 Å². The van der Waals surface area contributed by atoms with E-state index in [-0.39, 0.29) is 4.87 Å². The van der Waals surface area contributed by atoms with E-state index in [1.807, 2.05) is 0 Å². The molecule has 1 aromatic carbocycles. The molecule has 0 aliphatic rings. The van der Waals surface area contributed by atoms with Crippen molar-refractivity contribution in [2.45, 2.75) is 167 Å². The van der Waals surface area contributed by atoms with E-state index in [1.54, 1.807) is 11.1 Å². The fourth-order valence-corrected chi connectivity index (χ4v) is 5.51. The SMILES string of the molecule is CCCCCCCCc1cccc(C(C)(Cl)CCCCCCCC)c1CCCCCCCC. The van der Waals surface area contributed by atoms with E-state index < -0.39 is 0 Å². The first-order valence-corrected chi connectivity index (χ1v) is 15.2. The molecule has 0 saturated heterocycles. The molecule has 0 aliphatic carbocycles. The number of unbranched alkanes of at least 4 members (excludes halogenated alkanes) is 15. The molecule has 192 valence electrons. The summed E-state index contributed by atoms with van der Waals surface area (Å²) in [5.41, 5.74) is 4.63. The molecule has 1 heteroatoms. The van der Waals surface area contributed by atoms with E-state index in [0.29, 0.717) is 0 Å². The minimum Gasteiger partial charge on any atom is -0.114 e. The van der Waals surface area contributed by atoms with Gasteiger partial charge in [-0.25, -0.2) is 0 Å². The molecule has 0 bridgehead atoms. The molecule has 0 heterocycles. The average Bonchev–Trinajstić information content (AvgIpc) is 2.81. The van der Waals surface area contributed by atoms with Gasteiger partial charge in [0.25, 0.3) is 0 Å². The molecular weight excluding hydrogens is 420 g/mol. The summed E-state index contributed by atoms with van der Waals surface area (Å²) in [4.78, 5) is -0.223. The summed E-state index contributed by atoms with van der Waals surface area (Å²) < 4.78 is 0. The molecule has 0 aromatic heterocycles. The normalized spacial score (nSPS) is 13.4. The number of benzene rings is 1. The standard InChI is InChI=1S/C32H57Cl/c1-5-8-11-14-17-20-24-29-25-23-27-31(30(29)26-21-18-15-12-9-6-2)32(4,33)28-22-19-16-13-10-7-3/h23,25,27H,5-22,24,26,28H2,1-4H3. The van der Waals surface area contributed by atoms with Gasteiger partial charge in [0.05, 0.1) is 4.87 Å². The molecule has 33 heavy (non-hydrogen) atoms. The number of hydrogen-bond acceptors (Lipinski definition) is 0. The number of hydrogen-bond donors (Lipinski definition) is 0. The van der Waals surface area contributed by atoms with Gasteiger partial charge in [-0.2, -0.15) is 0 Å². The lowest BCUT2D eigenvalue weighted by molar-refractivity contribution is 0.520. The van der Waals surface area contributed by atoms with Crippen LogP contribution >= 0.6 is 11.6 Å². The highest BCUT2D eigenvalue weighted by Gasteiger charge is 2.26. The molecule has 0 spiro atoms. The second-order valence-corrected chi connectivity index (χ2v) is 11.5. The summed E-state index contributed by atoms with van der Waals surface area (Å²) in [6, 6.07) is 7.04. The zero-order valence-electron chi connectivity index (χ0n) is 23.0. The van der Waals surface area contributed by atoms with Gasteiger partial charge in [0.15, 0.2) is 0 Å². The van der Waals surface area contributed by atoms with E-state index in [9.17, 15) is 0 Å². The predicted molar refractivity (Wildman–Crippen MR) is 152 cm³/mol. The largest absolute Gasteiger partial charge is 0.114 e. The first kappa shape index (κ1) is 30.5. The molecule has 0 radical (unpaired) electrons. The van der Waals surface area contributed by atoms with Crippen molar-refractivity contribution in [3.8, 4) is 0 Å². The van der Waals surface area contributed by atoms with Crippen LogP contribution in [-0.4, -0.2) is 0 Å². The van der Waals surface area contributed by atoms with Crippen LogP contribution in [0.15, 0.2) is 18.2 Å². The van der Waals surface area contributed by atoms with Crippen molar-refractivity contribution >= 4 is 11.6 Å². The number of halogens is 1. The lowest BCUT2D eigenvalue weighted by atomic mass is 9.84. The Morgan fingerprint density at radius 3 is 1.58 bits per heavy atom. The topological polar surface area (TPSA) is 0 Å². The van der Waals surface area contributed by atoms with E-state index >= 15 is 0 Å². The quantitative estimate of drug-likeness (QED) is 0.115. The fourth-order valence-electron chi connectivity index (χ4n) is 5.20. The first-order valence-electron chi connectivity index (χ1n) is 14.9. The minimum absolute atomic E-state index is 0.223. The molecule has 0 N–H and O–H groups in total. The monoisotopic (exact) mass is 476 g/mol. The van der Waals surface area contributed by atoms with Gasteiger partial charge in [0, 0.05) is 0 Å². The summed E-state index contributed by atoms with van der Waals surface area (Å²) in [6.07, 6.45) is 28.0. The van der Waals surface area contributed by atoms with Gasteiger partial charge in [0.1, 0.15) is 0 Å². The number of alkyl halides is 1. The average molecular weight is 477 g/mol. The highest BCUT2D eigenvalue weighted by molar-refractivity contribution is 6.23. The Balaban J connectivity index is 2.76. The third-order valence-corrected chi connectivity index (χ3v) is 7.81. The second-order valence-electron chi connectivity index (χ2n) is 10.7. The second kappa shape index (κ2) is 19.8. The first-order chi connectivity index (χ1) is 16.1. The molecule has 0 fully saturated rings. The van der Waals surface area contributed by atoms with Crippen molar-refractivity contribution in [1.29, 1.82) is 0 Å². The zero-order chi connectivity index (χ0) is 24.2. The van der Waals surface area contributed by atoms with Gasteiger partial charge >= 0.3 is 0 Å². The molecule has 0 amide bonds. The Hall–Kier alpha value is -0.490. The van der Waals surface area contributed by atoms with Gasteiger partial charge in [-0.3, -0.25) is 0 Å². The molecule has 1 unspecified atom stereocenters. The van der Waals surface area contributed by atoms with E-state index in [4.69, 9.17) is 11.6 Å². The lowest BCUT2D eigenvalue weighted by Gasteiger charge is -2.27. The van der Waals surface area contributed by atoms with Crippen molar-refractivity contribution in [2.75, 3.05) is 0 Å². The Bertz CT molecular complexity index is 574. The van der Waals surface area contributed by atoms with Gasteiger partial charge < -0.3 is 0 Å². The summed E-state index contributed by atoms with van der Waals surface area (Å²) in [7, 11) is 0. The van der Waals surface area contributed by atoms with Gasteiger partial charge in [-0.15, -0.1) is 11.6 Å². The van der Waals surface area contributed by atoms with Crippen LogP contribution in [0.1, 0.15) is 166 Å². The summed E-state index contributed by atoms with van der Waals surface area (Å²) in [6.45, 7) is 9.18. The Morgan fingerprint density at radius 1 is 0.576 bits per heavy atom. The Morgan fingerprint density at radius 2 is 1.03 bits per heavy atom. The molecule has 0 aliphatic heterocycles. The van der Waals surface area contributed by atoms with Crippen LogP contribution in [0.3, 0.4) is 0 Å². The van der Waals surface area contributed by atoms with Crippen molar-refractivity contribution < 1.29 is 0 Å². The summed E-state index contributed by atoms with van der Waals surface area (Å²) in [5.74, 6) is 0. The van der Waals surface area contributed by atoms with Gasteiger partial charge in [0.2, 0.25) is 0 Å². The van der Waals surface area contributed by atoms with Crippen LogP contribution in [0.2, 0.25) is 0 Å². The summed E-state index contributed by atoms with van der Waals surface area (Å²) in [5, 5.41) is 0. The predicted octanol–water partition coefficient (Wildman–Crippen LogP) is 11.7. The molecule has 0 saturated carbocycles. The molecule has 1 atom stereocenters. The third-order valence-electron chi connectivity index (χ3n) is 7.41.